The van der Waals surface area contributed by atoms with Crippen LogP contribution in [0.1, 0.15) is 27.7 Å². The van der Waals surface area contributed by atoms with Gasteiger partial charge in [0.1, 0.15) is 0 Å². The zero-order valence-corrected chi connectivity index (χ0v) is 11.4. The summed E-state index contributed by atoms with van der Waals surface area (Å²) in [6.45, 7) is 7.67. The van der Waals surface area contributed by atoms with Crippen LogP contribution in [0, 0.1) is 0 Å². The minimum atomic E-state index is -2.28. The maximum atomic E-state index is 5.32. The standard InChI is InChI=1S/C6H15O2PS2.H2S/c1-5(2)7-9(10,11)8-6(3)4;/h5-6H,1-4H3,(H,10,11);1H2. The maximum Gasteiger partial charge on any atom is 0.244 e. The highest BCUT2D eigenvalue weighted by molar-refractivity contribution is 8.60. The van der Waals surface area contributed by atoms with Crippen molar-refractivity contribution in [1.29, 1.82) is 0 Å². The van der Waals surface area contributed by atoms with Crippen molar-refractivity contribution in [1.82, 2.24) is 0 Å². The Bertz CT molecular complexity index is 147. The predicted octanol–water partition coefficient (Wildman–Crippen LogP) is 3.10. The molecule has 0 aromatic rings. The molecule has 2 nitrogen and oxygen atoms in total. The Hall–Kier alpha value is 1.27. The third-order valence-corrected chi connectivity index (χ3v) is 3.15. The summed E-state index contributed by atoms with van der Waals surface area (Å²) in [6.07, 6.45) is 0.161. The van der Waals surface area contributed by atoms with Gasteiger partial charge in [0.2, 0.25) is 5.69 Å². The molecule has 0 N–H and O–H groups in total. The van der Waals surface area contributed by atoms with Crippen molar-refractivity contribution in [2.75, 3.05) is 0 Å². The second-order valence-electron chi connectivity index (χ2n) is 2.78. The molecule has 0 amide bonds. The first-order valence-electron chi connectivity index (χ1n) is 3.53. The Kier molecular flexibility index (Phi) is 8.76. The van der Waals surface area contributed by atoms with Gasteiger partial charge < -0.3 is 9.05 Å². The molecule has 6 heteroatoms. The number of hydrogen-bond donors (Lipinski definition) is 1. The number of hydrogen-bond acceptors (Lipinski definition) is 3. The van der Waals surface area contributed by atoms with Crippen LogP contribution in [-0.4, -0.2) is 12.2 Å². The van der Waals surface area contributed by atoms with E-state index in [1.54, 1.807) is 0 Å². The van der Waals surface area contributed by atoms with Crippen LogP contribution in [0.2, 0.25) is 0 Å². The Labute approximate surface area is 92.2 Å². The minimum Gasteiger partial charge on any atom is -0.319 e. The Morgan fingerprint density at radius 1 is 1.08 bits per heavy atom. The molecule has 0 atom stereocenters. The second kappa shape index (κ2) is 6.68. The fraction of sp³-hybridized carbons (Fsp3) is 1.00. The molecule has 0 fully saturated rings. The number of thiol groups is 1. The highest BCUT2D eigenvalue weighted by atomic mass is 32.9. The van der Waals surface area contributed by atoms with Crippen molar-refractivity contribution in [3.8, 4) is 0 Å². The van der Waals surface area contributed by atoms with E-state index in [2.05, 4.69) is 12.2 Å². The fourth-order valence-corrected chi connectivity index (χ4v) is 3.84. The van der Waals surface area contributed by atoms with Crippen LogP contribution in [0.15, 0.2) is 0 Å². The summed E-state index contributed by atoms with van der Waals surface area (Å²) in [4.78, 5) is 0. The molecule has 0 heterocycles. The fourth-order valence-electron chi connectivity index (χ4n) is 0.558. The van der Waals surface area contributed by atoms with E-state index in [4.69, 9.17) is 20.9 Å². The quantitative estimate of drug-likeness (QED) is 0.609. The van der Waals surface area contributed by atoms with Gasteiger partial charge in [0, 0.05) is 0 Å². The van der Waals surface area contributed by atoms with Crippen LogP contribution < -0.4 is 0 Å². The maximum absolute atomic E-state index is 5.32. The van der Waals surface area contributed by atoms with Crippen molar-refractivity contribution in [2.24, 2.45) is 0 Å². The van der Waals surface area contributed by atoms with Gasteiger partial charge in [-0.05, 0) is 39.5 Å². The lowest BCUT2D eigenvalue weighted by molar-refractivity contribution is 0.186. The van der Waals surface area contributed by atoms with E-state index in [0.29, 0.717) is 0 Å². The van der Waals surface area contributed by atoms with Crippen molar-refractivity contribution >= 4 is 43.2 Å². The summed E-state index contributed by atoms with van der Waals surface area (Å²) in [5, 5.41) is 0. The molecule has 0 aliphatic rings. The van der Waals surface area contributed by atoms with Crippen molar-refractivity contribution in [3.05, 3.63) is 0 Å². The molecule has 0 unspecified atom stereocenters. The zero-order valence-electron chi connectivity index (χ0n) is 7.77. The first-order valence-corrected chi connectivity index (χ1v) is 7.32. The molecule has 0 radical (unpaired) electrons. The largest absolute Gasteiger partial charge is 0.319 e. The molecule has 0 aromatic heterocycles. The molecule has 0 rings (SSSR count). The van der Waals surface area contributed by atoms with Gasteiger partial charge in [0.05, 0.1) is 12.2 Å². The Morgan fingerprint density at radius 2 is 1.33 bits per heavy atom. The molecule has 0 spiro atoms. The molecule has 0 saturated heterocycles. The van der Waals surface area contributed by atoms with Gasteiger partial charge in [-0.1, -0.05) is 12.2 Å². The van der Waals surface area contributed by atoms with E-state index in [1.807, 2.05) is 27.7 Å². The van der Waals surface area contributed by atoms with Crippen molar-refractivity contribution < 1.29 is 9.05 Å². The van der Waals surface area contributed by atoms with Gasteiger partial charge in [-0.3, -0.25) is 0 Å². The summed E-state index contributed by atoms with van der Waals surface area (Å²) in [7, 11) is 0. The summed E-state index contributed by atoms with van der Waals surface area (Å²) < 4.78 is 10.6. The molecule has 0 aliphatic heterocycles. The minimum absolute atomic E-state index is 0. The van der Waals surface area contributed by atoms with Gasteiger partial charge in [0.25, 0.3) is 0 Å². The third kappa shape index (κ3) is 9.36. The SMILES string of the molecule is CC(C)OP(=S)(S)OC(C)C.S. The monoisotopic (exact) mass is 248 g/mol. The predicted molar refractivity (Wildman–Crippen MR) is 66.1 cm³/mol. The molecule has 0 aromatic carbocycles. The summed E-state index contributed by atoms with van der Waals surface area (Å²) in [6, 6.07) is 0. The lowest BCUT2D eigenvalue weighted by atomic mass is 10.5. The molecule has 0 aliphatic carbocycles. The lowest BCUT2D eigenvalue weighted by Gasteiger charge is -2.20. The van der Waals surface area contributed by atoms with Crippen LogP contribution >= 0.6 is 31.4 Å². The first-order chi connectivity index (χ1) is 4.83. The van der Waals surface area contributed by atoms with Crippen LogP contribution in [0.5, 0.6) is 0 Å². The van der Waals surface area contributed by atoms with E-state index in [1.165, 1.54) is 0 Å². The van der Waals surface area contributed by atoms with Gasteiger partial charge in [-0.2, -0.15) is 13.5 Å². The lowest BCUT2D eigenvalue weighted by Crippen LogP contribution is -2.04. The number of rotatable bonds is 4. The average molecular weight is 248 g/mol. The van der Waals surface area contributed by atoms with Gasteiger partial charge >= 0.3 is 0 Å². The Balaban J connectivity index is 0. The molecule has 0 bridgehead atoms. The topological polar surface area (TPSA) is 18.5 Å². The van der Waals surface area contributed by atoms with Gasteiger partial charge in [0.15, 0.2) is 0 Å². The molecule has 76 valence electrons. The second-order valence-corrected chi connectivity index (χ2v) is 7.97. The van der Waals surface area contributed by atoms with Gasteiger partial charge in [-0.15, -0.1) is 0 Å². The van der Waals surface area contributed by atoms with E-state index in [0.717, 1.165) is 0 Å². The Morgan fingerprint density at radius 3 is 1.50 bits per heavy atom. The van der Waals surface area contributed by atoms with Crippen LogP contribution in [0.4, 0.5) is 0 Å². The highest BCUT2D eigenvalue weighted by Gasteiger charge is 2.16. The van der Waals surface area contributed by atoms with Gasteiger partial charge in [-0.25, -0.2) is 0 Å². The van der Waals surface area contributed by atoms with E-state index < -0.39 is 5.69 Å². The summed E-state index contributed by atoms with van der Waals surface area (Å²) in [5.74, 6) is 0. The zero-order chi connectivity index (χ0) is 9.07. The summed E-state index contributed by atoms with van der Waals surface area (Å²) in [5.41, 5.74) is -2.28. The smallest absolute Gasteiger partial charge is 0.244 e. The first kappa shape index (κ1) is 15.7. The molecule has 12 heavy (non-hydrogen) atoms. The van der Waals surface area contributed by atoms with Crippen LogP contribution in [0.3, 0.4) is 0 Å². The van der Waals surface area contributed by atoms with Crippen LogP contribution in [0.25, 0.3) is 0 Å². The highest BCUT2D eigenvalue weighted by Crippen LogP contribution is 2.55. The van der Waals surface area contributed by atoms with E-state index in [9.17, 15) is 0 Å². The van der Waals surface area contributed by atoms with E-state index >= 15 is 0 Å². The molecular formula is C6H17O2PS3. The van der Waals surface area contributed by atoms with E-state index in [-0.39, 0.29) is 25.7 Å². The van der Waals surface area contributed by atoms with Crippen LogP contribution in [-0.2, 0) is 20.9 Å². The van der Waals surface area contributed by atoms with Crippen molar-refractivity contribution in [3.63, 3.8) is 0 Å². The van der Waals surface area contributed by atoms with Crippen molar-refractivity contribution in [2.45, 2.75) is 39.9 Å². The molecular weight excluding hydrogens is 231 g/mol. The summed E-state index contributed by atoms with van der Waals surface area (Å²) >= 11 is 9.17. The normalized spacial score (nSPS) is 11.9. The average Bonchev–Trinajstić information content (AvgIpc) is 1.53. The molecule has 0 saturated carbocycles. The third-order valence-electron chi connectivity index (χ3n) is 0.688.